The lowest BCUT2D eigenvalue weighted by atomic mass is 10.4. The van der Waals surface area contributed by atoms with Crippen LogP contribution in [0, 0.1) is 6.92 Å². The van der Waals surface area contributed by atoms with Gasteiger partial charge in [-0.15, -0.1) is 0 Å². The lowest BCUT2D eigenvalue weighted by Crippen LogP contribution is -2.05. The maximum absolute atomic E-state index is 5.06. The van der Waals surface area contributed by atoms with Crippen molar-refractivity contribution in [2.75, 3.05) is 19.0 Å². The van der Waals surface area contributed by atoms with Crippen LogP contribution in [0.25, 0.3) is 0 Å². The Labute approximate surface area is 107 Å². The summed E-state index contributed by atoms with van der Waals surface area (Å²) in [6, 6.07) is 3.86. The van der Waals surface area contributed by atoms with Gasteiger partial charge in [-0.3, -0.25) is 4.98 Å². The van der Waals surface area contributed by atoms with E-state index in [9.17, 15) is 0 Å². The highest BCUT2D eigenvalue weighted by Crippen LogP contribution is 2.15. The Morgan fingerprint density at radius 3 is 3.06 bits per heavy atom. The van der Waals surface area contributed by atoms with Crippen LogP contribution in [0.2, 0.25) is 0 Å². The SMILES string of the molecule is COCCCn1cc(C)nc1Nc1cccnc1. The molecular formula is C13H18N4O. The smallest absolute Gasteiger partial charge is 0.207 e. The summed E-state index contributed by atoms with van der Waals surface area (Å²) in [6.07, 6.45) is 6.54. The van der Waals surface area contributed by atoms with Crippen LogP contribution < -0.4 is 5.32 Å². The van der Waals surface area contributed by atoms with Gasteiger partial charge in [-0.2, -0.15) is 0 Å². The van der Waals surface area contributed by atoms with Crippen molar-refractivity contribution in [3.8, 4) is 0 Å². The average molecular weight is 246 g/mol. The van der Waals surface area contributed by atoms with E-state index in [1.165, 1.54) is 0 Å². The lowest BCUT2D eigenvalue weighted by Gasteiger charge is -2.09. The average Bonchev–Trinajstić information content (AvgIpc) is 2.71. The van der Waals surface area contributed by atoms with E-state index in [0.717, 1.165) is 36.9 Å². The summed E-state index contributed by atoms with van der Waals surface area (Å²) in [5.41, 5.74) is 1.94. The van der Waals surface area contributed by atoms with Crippen LogP contribution >= 0.6 is 0 Å². The van der Waals surface area contributed by atoms with E-state index in [2.05, 4.69) is 19.9 Å². The highest BCUT2D eigenvalue weighted by atomic mass is 16.5. The number of aromatic nitrogens is 3. The van der Waals surface area contributed by atoms with Crippen LogP contribution in [0.5, 0.6) is 0 Å². The number of pyridine rings is 1. The third kappa shape index (κ3) is 3.30. The Morgan fingerprint density at radius 2 is 2.33 bits per heavy atom. The van der Waals surface area contributed by atoms with Gasteiger partial charge in [0.1, 0.15) is 0 Å². The van der Waals surface area contributed by atoms with E-state index < -0.39 is 0 Å². The molecule has 0 bridgehead atoms. The molecule has 1 N–H and O–H groups in total. The van der Waals surface area contributed by atoms with Gasteiger partial charge in [0, 0.05) is 32.7 Å². The molecule has 0 saturated heterocycles. The molecule has 0 aliphatic heterocycles. The van der Waals surface area contributed by atoms with Crippen molar-refractivity contribution < 1.29 is 4.74 Å². The fourth-order valence-electron chi connectivity index (χ4n) is 1.76. The molecule has 0 aliphatic rings. The molecule has 5 heteroatoms. The predicted octanol–water partition coefficient (Wildman–Crippen LogP) is 2.37. The number of imidazole rings is 1. The first-order valence-corrected chi connectivity index (χ1v) is 5.99. The number of methoxy groups -OCH3 is 1. The second-order valence-electron chi connectivity index (χ2n) is 4.11. The van der Waals surface area contributed by atoms with Gasteiger partial charge in [0.2, 0.25) is 5.95 Å². The molecule has 0 unspecified atom stereocenters. The first-order valence-electron chi connectivity index (χ1n) is 5.99. The van der Waals surface area contributed by atoms with Crippen molar-refractivity contribution in [1.29, 1.82) is 0 Å². The normalized spacial score (nSPS) is 10.6. The van der Waals surface area contributed by atoms with E-state index in [1.54, 1.807) is 19.5 Å². The van der Waals surface area contributed by atoms with Gasteiger partial charge in [0.05, 0.1) is 17.6 Å². The monoisotopic (exact) mass is 246 g/mol. The number of rotatable bonds is 6. The molecule has 5 nitrogen and oxygen atoms in total. The summed E-state index contributed by atoms with van der Waals surface area (Å²) in [5.74, 6) is 0.844. The number of ether oxygens (including phenoxy) is 1. The largest absolute Gasteiger partial charge is 0.385 e. The molecule has 2 rings (SSSR count). The Bertz CT molecular complexity index is 481. The molecule has 0 saturated carbocycles. The topological polar surface area (TPSA) is 52.0 Å². The molecule has 0 amide bonds. The lowest BCUT2D eigenvalue weighted by molar-refractivity contribution is 0.190. The van der Waals surface area contributed by atoms with E-state index in [0.29, 0.717) is 0 Å². The molecule has 96 valence electrons. The fraction of sp³-hybridized carbons (Fsp3) is 0.385. The third-order valence-electron chi connectivity index (χ3n) is 2.56. The minimum atomic E-state index is 0.754. The first-order chi connectivity index (χ1) is 8.79. The summed E-state index contributed by atoms with van der Waals surface area (Å²) in [4.78, 5) is 8.54. The number of hydrogen-bond donors (Lipinski definition) is 1. The van der Waals surface area contributed by atoms with Crippen LogP contribution in [-0.4, -0.2) is 28.3 Å². The van der Waals surface area contributed by atoms with Gasteiger partial charge >= 0.3 is 0 Å². The number of anilines is 2. The number of aryl methyl sites for hydroxylation is 2. The van der Waals surface area contributed by atoms with Crippen LogP contribution in [0.4, 0.5) is 11.6 Å². The molecule has 0 aliphatic carbocycles. The minimum absolute atomic E-state index is 0.754. The van der Waals surface area contributed by atoms with Crippen molar-refractivity contribution >= 4 is 11.6 Å². The van der Waals surface area contributed by atoms with Gasteiger partial charge in [0.15, 0.2) is 0 Å². The maximum atomic E-state index is 5.06. The van der Waals surface area contributed by atoms with E-state index in [4.69, 9.17) is 4.74 Å². The zero-order valence-electron chi connectivity index (χ0n) is 10.8. The van der Waals surface area contributed by atoms with Crippen molar-refractivity contribution in [2.24, 2.45) is 0 Å². The molecule has 0 atom stereocenters. The summed E-state index contributed by atoms with van der Waals surface area (Å²) < 4.78 is 7.16. The van der Waals surface area contributed by atoms with Crippen molar-refractivity contribution in [3.63, 3.8) is 0 Å². The zero-order chi connectivity index (χ0) is 12.8. The van der Waals surface area contributed by atoms with Gasteiger partial charge in [-0.05, 0) is 25.5 Å². The van der Waals surface area contributed by atoms with Crippen LogP contribution in [0.3, 0.4) is 0 Å². The molecule has 0 radical (unpaired) electrons. The zero-order valence-corrected chi connectivity index (χ0v) is 10.8. The standard InChI is InChI=1S/C13H18N4O/c1-11-10-17(7-4-8-18-2)13(15-11)16-12-5-3-6-14-9-12/h3,5-6,9-10H,4,7-8H2,1-2H3,(H,15,16). The minimum Gasteiger partial charge on any atom is -0.385 e. The molecule has 2 aromatic rings. The van der Waals surface area contributed by atoms with Gasteiger partial charge < -0.3 is 14.6 Å². The Balaban J connectivity index is 2.07. The fourth-order valence-corrected chi connectivity index (χ4v) is 1.76. The Morgan fingerprint density at radius 1 is 1.44 bits per heavy atom. The Hall–Kier alpha value is -1.88. The first kappa shape index (κ1) is 12.6. The number of nitrogens with zero attached hydrogens (tertiary/aromatic N) is 3. The quantitative estimate of drug-likeness (QED) is 0.795. The summed E-state index contributed by atoms with van der Waals surface area (Å²) in [6.45, 7) is 3.63. The van der Waals surface area contributed by atoms with Crippen LogP contribution in [0.1, 0.15) is 12.1 Å². The number of hydrogen-bond acceptors (Lipinski definition) is 4. The van der Waals surface area contributed by atoms with Crippen molar-refractivity contribution in [1.82, 2.24) is 14.5 Å². The molecule has 0 aromatic carbocycles. The molecule has 0 fully saturated rings. The van der Waals surface area contributed by atoms with Crippen LogP contribution in [0.15, 0.2) is 30.7 Å². The van der Waals surface area contributed by atoms with E-state index >= 15 is 0 Å². The second-order valence-corrected chi connectivity index (χ2v) is 4.11. The molecule has 2 aromatic heterocycles. The molecule has 2 heterocycles. The van der Waals surface area contributed by atoms with E-state index in [1.807, 2.05) is 25.3 Å². The summed E-state index contributed by atoms with van der Waals surface area (Å²) in [5, 5.41) is 3.27. The predicted molar refractivity (Wildman–Crippen MR) is 71.0 cm³/mol. The van der Waals surface area contributed by atoms with E-state index in [-0.39, 0.29) is 0 Å². The van der Waals surface area contributed by atoms with Gasteiger partial charge in [0.25, 0.3) is 0 Å². The van der Waals surface area contributed by atoms with Crippen LogP contribution in [-0.2, 0) is 11.3 Å². The van der Waals surface area contributed by atoms with Gasteiger partial charge in [-0.25, -0.2) is 4.98 Å². The highest BCUT2D eigenvalue weighted by molar-refractivity contribution is 5.52. The summed E-state index contributed by atoms with van der Waals surface area (Å²) in [7, 11) is 1.72. The summed E-state index contributed by atoms with van der Waals surface area (Å²) >= 11 is 0. The highest BCUT2D eigenvalue weighted by Gasteiger charge is 2.05. The van der Waals surface area contributed by atoms with Gasteiger partial charge in [-0.1, -0.05) is 0 Å². The molecule has 0 spiro atoms. The molecule has 18 heavy (non-hydrogen) atoms. The Kier molecular flexibility index (Phi) is 4.30. The number of nitrogens with one attached hydrogen (secondary N) is 1. The maximum Gasteiger partial charge on any atom is 0.207 e. The molecular weight excluding hydrogens is 228 g/mol. The van der Waals surface area contributed by atoms with Crippen molar-refractivity contribution in [2.45, 2.75) is 19.9 Å². The third-order valence-corrected chi connectivity index (χ3v) is 2.56. The van der Waals surface area contributed by atoms with Crippen molar-refractivity contribution in [3.05, 3.63) is 36.4 Å². The second kappa shape index (κ2) is 6.16.